The highest BCUT2D eigenvalue weighted by Crippen LogP contribution is 2.12. The Morgan fingerprint density at radius 2 is 1.18 bits per heavy atom. The van der Waals surface area contributed by atoms with E-state index in [1.165, 1.54) is 18.5 Å². The fraction of sp³-hybridized carbons (Fsp3) is 1.00. The first-order valence-corrected chi connectivity index (χ1v) is 9.39. The lowest BCUT2D eigenvalue weighted by molar-refractivity contribution is 1.06. The number of hydrogen-bond donors (Lipinski definition) is 0. The monoisotopic (exact) mass is 440 g/mol. The standard InChI is InChI=1S/C5H8Br4Si2/c6-4(7)10-2-1-3-11-5(8)9/h4-5H,1-3H2. The molecule has 0 heterocycles. The minimum atomic E-state index is 0.530. The molecule has 0 amide bonds. The summed E-state index contributed by atoms with van der Waals surface area (Å²) in [6, 6.07) is 2.67. The van der Waals surface area contributed by atoms with E-state index in [0.29, 0.717) is 6.72 Å². The summed E-state index contributed by atoms with van der Waals surface area (Å²) < 4.78 is 1.06. The first-order chi connectivity index (χ1) is 5.13. The van der Waals surface area contributed by atoms with E-state index < -0.39 is 0 Å². The Balaban J connectivity index is 2.91. The average Bonchev–Trinajstić information content (AvgIpc) is 1.85. The Hall–Kier alpha value is 2.35. The molecule has 0 aromatic carbocycles. The van der Waals surface area contributed by atoms with Gasteiger partial charge in [-0.1, -0.05) is 82.2 Å². The van der Waals surface area contributed by atoms with Gasteiger partial charge in [0.2, 0.25) is 0 Å². The molecule has 4 radical (unpaired) electrons. The fourth-order valence-electron chi connectivity index (χ4n) is 0.511. The molecular formula is C5H8Br4Si2. The van der Waals surface area contributed by atoms with Gasteiger partial charge in [-0.25, -0.2) is 0 Å². The molecule has 0 N–H and O–H groups in total. The molecule has 0 bridgehead atoms. The second kappa shape index (κ2) is 8.93. The van der Waals surface area contributed by atoms with Crippen LogP contribution in [0.4, 0.5) is 0 Å². The fourth-order valence-corrected chi connectivity index (χ4v) is 4.81. The molecule has 0 fully saturated rings. The van der Waals surface area contributed by atoms with Gasteiger partial charge in [0.15, 0.2) is 0 Å². The van der Waals surface area contributed by atoms with Gasteiger partial charge in [-0.2, -0.15) is 0 Å². The molecule has 0 aliphatic rings. The summed E-state index contributed by atoms with van der Waals surface area (Å²) in [7, 11) is 2.00. The van der Waals surface area contributed by atoms with E-state index in [-0.39, 0.29) is 0 Å². The van der Waals surface area contributed by atoms with Crippen molar-refractivity contribution in [2.24, 2.45) is 0 Å². The van der Waals surface area contributed by atoms with Gasteiger partial charge in [0.05, 0.1) is 25.8 Å². The van der Waals surface area contributed by atoms with Crippen molar-refractivity contribution in [2.45, 2.75) is 25.2 Å². The number of rotatable bonds is 6. The topological polar surface area (TPSA) is 0 Å². The first kappa shape index (κ1) is 13.4. The Morgan fingerprint density at radius 1 is 0.818 bits per heavy atom. The van der Waals surface area contributed by atoms with Crippen LogP contribution in [0.2, 0.25) is 12.1 Å². The van der Waals surface area contributed by atoms with E-state index in [0.717, 1.165) is 19.0 Å². The Labute approximate surface area is 107 Å². The lowest BCUT2D eigenvalue weighted by Gasteiger charge is -2.00. The minimum Gasteiger partial charge on any atom is -0.0809 e. The Bertz CT molecular complexity index is 78.6. The van der Waals surface area contributed by atoms with Crippen LogP contribution < -0.4 is 0 Å². The molecule has 0 aromatic heterocycles. The average molecular weight is 444 g/mol. The normalized spacial score (nSPS) is 11.5. The van der Waals surface area contributed by atoms with Crippen LogP contribution in [0.5, 0.6) is 0 Å². The highest BCUT2D eigenvalue weighted by atomic mass is 79.9. The molecule has 0 aliphatic heterocycles. The Morgan fingerprint density at radius 3 is 1.45 bits per heavy atom. The number of halogens is 4. The largest absolute Gasteiger partial charge is 0.0809 e. The van der Waals surface area contributed by atoms with Crippen molar-refractivity contribution < 1.29 is 0 Å². The molecule has 0 atom stereocenters. The quantitative estimate of drug-likeness (QED) is 0.333. The summed E-state index contributed by atoms with van der Waals surface area (Å²) in [5.41, 5.74) is 0. The van der Waals surface area contributed by atoms with Crippen molar-refractivity contribution in [1.29, 1.82) is 0 Å². The van der Waals surface area contributed by atoms with Crippen molar-refractivity contribution in [1.82, 2.24) is 0 Å². The van der Waals surface area contributed by atoms with E-state index in [9.17, 15) is 0 Å². The van der Waals surface area contributed by atoms with Crippen molar-refractivity contribution >= 4 is 82.8 Å². The zero-order valence-corrected chi connectivity index (χ0v) is 14.1. The smallest absolute Gasteiger partial charge is 0.0711 e. The summed E-state index contributed by atoms with van der Waals surface area (Å²) in [6.07, 6.45) is 1.35. The van der Waals surface area contributed by atoms with Crippen LogP contribution >= 0.6 is 63.7 Å². The zero-order valence-electron chi connectivity index (χ0n) is 5.79. The van der Waals surface area contributed by atoms with Gasteiger partial charge in [0.1, 0.15) is 0 Å². The van der Waals surface area contributed by atoms with Crippen molar-refractivity contribution in [3.05, 3.63) is 0 Å². The van der Waals surface area contributed by atoms with Gasteiger partial charge >= 0.3 is 0 Å². The first-order valence-electron chi connectivity index (χ1n) is 3.16. The maximum Gasteiger partial charge on any atom is 0.0711 e. The molecule has 0 aliphatic carbocycles. The lowest BCUT2D eigenvalue weighted by Crippen LogP contribution is -2.03. The van der Waals surface area contributed by atoms with Crippen LogP contribution in [0.15, 0.2) is 0 Å². The molecule has 6 heteroatoms. The van der Waals surface area contributed by atoms with Crippen LogP contribution in [0.1, 0.15) is 6.42 Å². The van der Waals surface area contributed by atoms with Crippen LogP contribution in [0.3, 0.4) is 0 Å². The van der Waals surface area contributed by atoms with Gasteiger partial charge in [0, 0.05) is 0 Å². The lowest BCUT2D eigenvalue weighted by atomic mass is 10.6. The van der Waals surface area contributed by atoms with Gasteiger partial charge in [0.25, 0.3) is 0 Å². The molecule has 0 aromatic rings. The van der Waals surface area contributed by atoms with Crippen LogP contribution in [0.25, 0.3) is 0 Å². The van der Waals surface area contributed by atoms with Gasteiger partial charge in [-0.05, 0) is 0 Å². The number of alkyl halides is 4. The third kappa shape index (κ3) is 12.4. The third-order valence-electron chi connectivity index (χ3n) is 0.951. The summed E-state index contributed by atoms with van der Waals surface area (Å²) >= 11 is 13.9. The zero-order chi connectivity index (χ0) is 8.69. The molecule has 0 rings (SSSR count). The van der Waals surface area contributed by atoms with Crippen LogP contribution in [-0.4, -0.2) is 25.8 Å². The summed E-state index contributed by atoms with van der Waals surface area (Å²) in [5.74, 6) is 0. The van der Waals surface area contributed by atoms with Gasteiger partial charge in [-0.3, -0.25) is 0 Å². The van der Waals surface area contributed by atoms with E-state index in [1.807, 2.05) is 0 Å². The van der Waals surface area contributed by atoms with E-state index in [2.05, 4.69) is 63.7 Å². The second-order valence-corrected chi connectivity index (χ2v) is 14.3. The molecule has 0 saturated carbocycles. The summed E-state index contributed by atoms with van der Waals surface area (Å²) in [6.45, 7) is 0. The van der Waals surface area contributed by atoms with Crippen LogP contribution in [-0.2, 0) is 0 Å². The van der Waals surface area contributed by atoms with Crippen LogP contribution in [0, 0.1) is 0 Å². The molecular weight excluding hydrogens is 436 g/mol. The summed E-state index contributed by atoms with van der Waals surface area (Å²) in [4.78, 5) is 0. The minimum absolute atomic E-state index is 0.530. The Kier molecular flexibility index (Phi) is 10.8. The molecule has 0 saturated heterocycles. The highest BCUT2D eigenvalue weighted by Gasteiger charge is 2.01. The highest BCUT2D eigenvalue weighted by molar-refractivity contribution is 9.25. The van der Waals surface area contributed by atoms with Crippen molar-refractivity contribution in [2.75, 3.05) is 0 Å². The maximum atomic E-state index is 3.47. The predicted molar refractivity (Wildman–Crippen MR) is 69.0 cm³/mol. The van der Waals surface area contributed by atoms with Crippen molar-refractivity contribution in [3.8, 4) is 0 Å². The van der Waals surface area contributed by atoms with Crippen molar-refractivity contribution in [3.63, 3.8) is 0 Å². The van der Waals surface area contributed by atoms with E-state index in [1.54, 1.807) is 0 Å². The molecule has 11 heavy (non-hydrogen) atoms. The molecule has 0 spiro atoms. The van der Waals surface area contributed by atoms with E-state index >= 15 is 0 Å². The SMILES string of the molecule is BrC(Br)[Si]CCC[Si]C(Br)Br. The molecule has 0 unspecified atom stereocenters. The van der Waals surface area contributed by atoms with E-state index in [4.69, 9.17) is 0 Å². The number of hydrogen-bond acceptors (Lipinski definition) is 0. The maximum absolute atomic E-state index is 3.47. The third-order valence-corrected chi connectivity index (χ3v) is 6.74. The summed E-state index contributed by atoms with van der Waals surface area (Å²) in [5, 5.41) is 0. The predicted octanol–water partition coefficient (Wildman–Crippen LogP) is 3.77. The second-order valence-electron chi connectivity index (χ2n) is 1.86. The molecule has 64 valence electrons. The van der Waals surface area contributed by atoms with Gasteiger partial charge in [-0.15, -0.1) is 0 Å². The molecule has 0 nitrogen and oxygen atoms in total. The van der Waals surface area contributed by atoms with Gasteiger partial charge < -0.3 is 0 Å².